The van der Waals surface area contributed by atoms with Crippen LogP contribution in [0.25, 0.3) is 0 Å². The summed E-state index contributed by atoms with van der Waals surface area (Å²) in [6.07, 6.45) is -1.53. The molecule has 1 aliphatic carbocycles. The first-order chi connectivity index (χ1) is 10.9. The highest BCUT2D eigenvalue weighted by Gasteiger charge is 2.62. The second-order valence-corrected chi connectivity index (χ2v) is 6.90. The molecule has 1 unspecified atom stereocenters. The largest absolute Gasteiger partial charge is 0.394 e. The normalized spacial score (nSPS) is 23.3. The van der Waals surface area contributed by atoms with Crippen LogP contribution in [-0.4, -0.2) is 23.5 Å². The molecule has 5 heteroatoms. The van der Waals surface area contributed by atoms with Crippen molar-refractivity contribution < 1.29 is 18.0 Å². The van der Waals surface area contributed by atoms with E-state index in [1.165, 1.54) is 0 Å². The third kappa shape index (κ3) is 3.54. The molecular formula is C18H22F3NO. The van der Waals surface area contributed by atoms with Crippen molar-refractivity contribution in [3.8, 4) is 0 Å². The molecule has 2 nitrogen and oxygen atoms in total. The van der Waals surface area contributed by atoms with Gasteiger partial charge in [-0.05, 0) is 37.7 Å². The molecule has 1 heterocycles. The SMILES string of the molecule is O=C1C(CCCC2(C(F)(F)F)CC2)CCN1Cc1ccccc1. The fourth-order valence-electron chi connectivity index (χ4n) is 3.55. The van der Waals surface area contributed by atoms with Gasteiger partial charge in [-0.2, -0.15) is 13.2 Å². The lowest BCUT2D eigenvalue weighted by molar-refractivity contribution is -0.189. The zero-order chi connectivity index (χ0) is 16.5. The molecule has 1 saturated carbocycles. The molecule has 1 aromatic carbocycles. The summed E-state index contributed by atoms with van der Waals surface area (Å²) in [4.78, 5) is 14.2. The molecule has 126 valence electrons. The number of rotatable bonds is 6. The predicted molar refractivity (Wildman–Crippen MR) is 81.5 cm³/mol. The Hall–Kier alpha value is -1.52. The quantitative estimate of drug-likeness (QED) is 0.751. The molecule has 2 aliphatic rings. The summed E-state index contributed by atoms with van der Waals surface area (Å²) in [5, 5.41) is 0. The average molecular weight is 325 g/mol. The third-order valence-electron chi connectivity index (χ3n) is 5.29. The van der Waals surface area contributed by atoms with Crippen LogP contribution in [0.15, 0.2) is 30.3 Å². The maximum Gasteiger partial charge on any atom is 0.394 e. The van der Waals surface area contributed by atoms with Gasteiger partial charge in [-0.15, -0.1) is 0 Å². The Labute approximate surface area is 134 Å². The lowest BCUT2D eigenvalue weighted by Gasteiger charge is -2.20. The Morgan fingerprint density at radius 2 is 1.87 bits per heavy atom. The van der Waals surface area contributed by atoms with Crippen molar-refractivity contribution in [3.05, 3.63) is 35.9 Å². The maximum atomic E-state index is 12.9. The van der Waals surface area contributed by atoms with Gasteiger partial charge in [-0.3, -0.25) is 4.79 Å². The van der Waals surface area contributed by atoms with E-state index in [9.17, 15) is 18.0 Å². The second-order valence-electron chi connectivity index (χ2n) is 6.90. The van der Waals surface area contributed by atoms with Crippen molar-refractivity contribution in [1.82, 2.24) is 4.90 Å². The first-order valence-corrected chi connectivity index (χ1v) is 8.31. The van der Waals surface area contributed by atoms with Crippen molar-refractivity contribution >= 4 is 5.91 Å². The van der Waals surface area contributed by atoms with Crippen molar-refractivity contribution in [3.63, 3.8) is 0 Å². The van der Waals surface area contributed by atoms with E-state index in [0.717, 1.165) is 12.0 Å². The highest BCUT2D eigenvalue weighted by Crippen LogP contribution is 2.60. The van der Waals surface area contributed by atoms with Gasteiger partial charge < -0.3 is 4.90 Å². The molecule has 1 saturated heterocycles. The monoisotopic (exact) mass is 325 g/mol. The Morgan fingerprint density at radius 1 is 1.17 bits per heavy atom. The minimum Gasteiger partial charge on any atom is -0.338 e. The second kappa shape index (κ2) is 6.17. The number of benzene rings is 1. The number of nitrogens with zero attached hydrogens (tertiary/aromatic N) is 1. The molecule has 1 aliphatic heterocycles. The maximum absolute atomic E-state index is 12.9. The molecule has 23 heavy (non-hydrogen) atoms. The van der Waals surface area contributed by atoms with Crippen LogP contribution in [0.2, 0.25) is 0 Å². The number of amides is 1. The van der Waals surface area contributed by atoms with Gasteiger partial charge in [0, 0.05) is 19.0 Å². The molecule has 2 fully saturated rings. The van der Waals surface area contributed by atoms with Crippen LogP contribution in [0, 0.1) is 11.3 Å². The Balaban J connectivity index is 1.46. The van der Waals surface area contributed by atoms with Crippen LogP contribution in [-0.2, 0) is 11.3 Å². The van der Waals surface area contributed by atoms with Gasteiger partial charge in [0.15, 0.2) is 0 Å². The molecule has 1 atom stereocenters. The molecule has 0 radical (unpaired) electrons. The van der Waals surface area contributed by atoms with Gasteiger partial charge in [-0.1, -0.05) is 36.8 Å². The summed E-state index contributed by atoms with van der Waals surface area (Å²) in [5.74, 6) is 0.00783. The van der Waals surface area contributed by atoms with Crippen molar-refractivity contribution in [1.29, 1.82) is 0 Å². The summed E-state index contributed by atoms with van der Waals surface area (Å²) in [5.41, 5.74) is -0.339. The van der Waals surface area contributed by atoms with Gasteiger partial charge in [0.25, 0.3) is 0 Å². The van der Waals surface area contributed by atoms with Gasteiger partial charge in [0.05, 0.1) is 5.41 Å². The fourth-order valence-corrected chi connectivity index (χ4v) is 3.55. The number of carbonyl (C=O) groups is 1. The topological polar surface area (TPSA) is 20.3 Å². The minimum absolute atomic E-state index is 0.0947. The lowest BCUT2D eigenvalue weighted by atomic mass is 9.93. The van der Waals surface area contributed by atoms with E-state index in [1.807, 2.05) is 35.2 Å². The standard InChI is InChI=1S/C18H22F3NO/c19-18(20,21)17(10-11-17)9-4-7-15-8-12-22(16(15)23)13-14-5-2-1-3-6-14/h1-3,5-6,15H,4,7-13H2. The van der Waals surface area contributed by atoms with Crippen LogP contribution in [0.5, 0.6) is 0 Å². The van der Waals surface area contributed by atoms with E-state index < -0.39 is 11.6 Å². The van der Waals surface area contributed by atoms with E-state index in [2.05, 4.69) is 0 Å². The predicted octanol–water partition coefficient (Wildman–Crippen LogP) is 4.55. The van der Waals surface area contributed by atoms with Crippen molar-refractivity contribution in [2.45, 2.75) is 51.2 Å². The minimum atomic E-state index is -4.08. The summed E-state index contributed by atoms with van der Waals surface area (Å²) in [7, 11) is 0. The number of likely N-dealkylation sites (tertiary alicyclic amines) is 1. The van der Waals surface area contributed by atoms with Crippen molar-refractivity contribution in [2.24, 2.45) is 11.3 Å². The first-order valence-electron chi connectivity index (χ1n) is 8.31. The van der Waals surface area contributed by atoms with Gasteiger partial charge in [-0.25, -0.2) is 0 Å². The molecule has 0 N–H and O–H groups in total. The summed E-state index contributed by atoms with van der Waals surface area (Å²) >= 11 is 0. The molecule has 0 aromatic heterocycles. The molecule has 3 rings (SSSR count). The van der Waals surface area contributed by atoms with E-state index >= 15 is 0 Å². The third-order valence-corrected chi connectivity index (χ3v) is 5.29. The number of hydrogen-bond acceptors (Lipinski definition) is 1. The molecule has 1 aromatic rings. The Bertz CT molecular complexity index is 551. The summed E-state index contributed by atoms with van der Waals surface area (Å²) in [6.45, 7) is 1.31. The van der Waals surface area contributed by atoms with Crippen molar-refractivity contribution in [2.75, 3.05) is 6.54 Å². The molecule has 0 bridgehead atoms. The van der Waals surface area contributed by atoms with Crippen LogP contribution in [0.3, 0.4) is 0 Å². The highest BCUT2D eigenvalue weighted by molar-refractivity contribution is 5.80. The van der Waals surface area contributed by atoms with E-state index in [0.29, 0.717) is 25.9 Å². The highest BCUT2D eigenvalue weighted by atomic mass is 19.4. The first kappa shape index (κ1) is 16.3. The average Bonchev–Trinajstić information content (AvgIpc) is 3.24. The lowest BCUT2D eigenvalue weighted by Crippen LogP contribution is -2.27. The Morgan fingerprint density at radius 3 is 2.48 bits per heavy atom. The van der Waals surface area contributed by atoms with Gasteiger partial charge in [0.2, 0.25) is 5.91 Å². The van der Waals surface area contributed by atoms with Crippen LogP contribution < -0.4 is 0 Å². The number of carbonyl (C=O) groups excluding carboxylic acids is 1. The number of hydrogen-bond donors (Lipinski definition) is 0. The molecule has 0 spiro atoms. The molecule has 1 amide bonds. The number of alkyl halides is 3. The van der Waals surface area contributed by atoms with Gasteiger partial charge >= 0.3 is 6.18 Å². The van der Waals surface area contributed by atoms with E-state index in [4.69, 9.17) is 0 Å². The molecular weight excluding hydrogens is 303 g/mol. The van der Waals surface area contributed by atoms with E-state index in [1.54, 1.807) is 0 Å². The van der Waals surface area contributed by atoms with Crippen LogP contribution >= 0.6 is 0 Å². The smallest absolute Gasteiger partial charge is 0.338 e. The van der Waals surface area contributed by atoms with Gasteiger partial charge in [0.1, 0.15) is 0 Å². The zero-order valence-electron chi connectivity index (χ0n) is 13.1. The summed E-state index contributed by atoms with van der Waals surface area (Å²) < 4.78 is 38.7. The van der Waals surface area contributed by atoms with E-state index in [-0.39, 0.29) is 31.1 Å². The van der Waals surface area contributed by atoms with Crippen LogP contribution in [0.4, 0.5) is 13.2 Å². The van der Waals surface area contributed by atoms with Crippen LogP contribution in [0.1, 0.15) is 44.1 Å². The Kier molecular flexibility index (Phi) is 4.39. The fraction of sp³-hybridized carbons (Fsp3) is 0.611. The zero-order valence-corrected chi connectivity index (χ0v) is 13.1. The summed E-state index contributed by atoms with van der Waals surface area (Å²) in [6, 6.07) is 9.80. The number of halogens is 3.